The number of carbonyl (C=O) groups excluding carboxylic acids is 1. The van der Waals surface area contributed by atoms with Crippen LogP contribution < -0.4 is 4.74 Å². The lowest BCUT2D eigenvalue weighted by molar-refractivity contribution is 0.0782. The lowest BCUT2D eigenvalue weighted by atomic mass is 10.1. The van der Waals surface area contributed by atoms with E-state index in [1.165, 1.54) is 0 Å². The van der Waals surface area contributed by atoms with Crippen LogP contribution in [-0.2, 0) is 0 Å². The zero-order chi connectivity index (χ0) is 15.5. The van der Waals surface area contributed by atoms with Gasteiger partial charge in [0.15, 0.2) is 0 Å². The van der Waals surface area contributed by atoms with Crippen molar-refractivity contribution in [3.05, 3.63) is 36.0 Å². The van der Waals surface area contributed by atoms with Crippen LogP contribution in [0.2, 0.25) is 0 Å². The van der Waals surface area contributed by atoms with E-state index >= 15 is 0 Å². The van der Waals surface area contributed by atoms with Gasteiger partial charge in [0.05, 0.1) is 24.6 Å². The minimum Gasteiger partial charge on any atom is -0.497 e. The summed E-state index contributed by atoms with van der Waals surface area (Å²) in [5.74, 6) is 0.900. The van der Waals surface area contributed by atoms with Crippen LogP contribution in [0.5, 0.6) is 5.75 Å². The van der Waals surface area contributed by atoms with Crippen molar-refractivity contribution in [2.75, 3.05) is 26.8 Å². The number of aliphatic hydroxyl groups excluding tert-OH is 1. The molecule has 1 aliphatic heterocycles. The van der Waals surface area contributed by atoms with Crippen LogP contribution in [0, 0.1) is 5.92 Å². The van der Waals surface area contributed by atoms with Crippen molar-refractivity contribution in [1.82, 2.24) is 15.1 Å². The minimum atomic E-state index is -0.0458. The van der Waals surface area contributed by atoms with E-state index in [9.17, 15) is 9.90 Å². The molecule has 22 heavy (non-hydrogen) atoms. The quantitative estimate of drug-likeness (QED) is 0.898. The molecule has 6 heteroatoms. The highest BCUT2D eigenvalue weighted by molar-refractivity contribution is 5.99. The third kappa shape index (κ3) is 2.69. The van der Waals surface area contributed by atoms with Crippen LogP contribution in [0.15, 0.2) is 30.5 Å². The molecule has 2 heterocycles. The third-order valence-electron chi connectivity index (χ3n) is 4.08. The van der Waals surface area contributed by atoms with Gasteiger partial charge in [0.2, 0.25) is 0 Å². The van der Waals surface area contributed by atoms with Crippen molar-refractivity contribution in [3.63, 3.8) is 0 Å². The largest absolute Gasteiger partial charge is 0.497 e. The van der Waals surface area contributed by atoms with E-state index in [0.717, 1.165) is 17.7 Å². The number of hydrogen-bond donors (Lipinski definition) is 2. The number of likely N-dealkylation sites (tertiary alicyclic amines) is 1. The molecule has 0 bridgehead atoms. The predicted molar refractivity (Wildman–Crippen MR) is 81.7 cm³/mol. The van der Waals surface area contributed by atoms with E-state index in [-0.39, 0.29) is 18.4 Å². The van der Waals surface area contributed by atoms with Crippen LogP contribution in [0.25, 0.3) is 11.3 Å². The average molecular weight is 301 g/mol. The summed E-state index contributed by atoms with van der Waals surface area (Å²) in [6.45, 7) is 1.40. The Bertz CT molecular complexity index is 651. The Morgan fingerprint density at radius 2 is 2.23 bits per heavy atom. The second kappa shape index (κ2) is 6.19. The molecule has 1 aliphatic rings. The Kier molecular flexibility index (Phi) is 4.11. The number of aromatic amines is 1. The second-order valence-electron chi connectivity index (χ2n) is 5.48. The van der Waals surface area contributed by atoms with Gasteiger partial charge in [-0.3, -0.25) is 9.89 Å². The number of methoxy groups -OCH3 is 1. The minimum absolute atomic E-state index is 0.0458. The van der Waals surface area contributed by atoms with E-state index in [4.69, 9.17) is 4.74 Å². The van der Waals surface area contributed by atoms with Gasteiger partial charge in [0.1, 0.15) is 5.75 Å². The normalized spacial score (nSPS) is 17.7. The first-order valence-corrected chi connectivity index (χ1v) is 7.31. The zero-order valence-corrected chi connectivity index (χ0v) is 12.5. The molecule has 1 aromatic heterocycles. The van der Waals surface area contributed by atoms with Crippen LogP contribution in [0.4, 0.5) is 0 Å². The van der Waals surface area contributed by atoms with Crippen molar-refractivity contribution < 1.29 is 14.6 Å². The number of hydrogen-bond acceptors (Lipinski definition) is 4. The maximum absolute atomic E-state index is 12.6. The summed E-state index contributed by atoms with van der Waals surface area (Å²) >= 11 is 0. The number of nitrogens with one attached hydrogen (secondary N) is 1. The van der Waals surface area contributed by atoms with Gasteiger partial charge in [0, 0.05) is 31.2 Å². The zero-order valence-electron chi connectivity index (χ0n) is 12.5. The lowest BCUT2D eigenvalue weighted by Gasteiger charge is -2.16. The number of ether oxygens (including phenoxy) is 1. The summed E-state index contributed by atoms with van der Waals surface area (Å²) < 4.78 is 5.14. The number of amides is 1. The molecule has 0 aliphatic carbocycles. The Balaban J connectivity index is 1.83. The first-order chi connectivity index (χ1) is 10.7. The number of rotatable bonds is 4. The standard InChI is InChI=1S/C16H19N3O3/c1-22-13-4-2-12(3-5-13)15-14(8-17-18-15)16(21)19-7-6-11(9-19)10-20/h2-5,8,11,20H,6-7,9-10H2,1H3,(H,17,18). The van der Waals surface area contributed by atoms with Crippen molar-refractivity contribution in [3.8, 4) is 17.0 Å². The van der Waals surface area contributed by atoms with E-state index in [2.05, 4.69) is 10.2 Å². The highest BCUT2D eigenvalue weighted by Crippen LogP contribution is 2.26. The molecule has 1 saturated heterocycles. The van der Waals surface area contributed by atoms with Crippen molar-refractivity contribution >= 4 is 5.91 Å². The van der Waals surface area contributed by atoms with E-state index in [1.807, 2.05) is 24.3 Å². The molecule has 0 saturated carbocycles. The molecule has 3 rings (SSSR count). The van der Waals surface area contributed by atoms with Crippen LogP contribution >= 0.6 is 0 Å². The van der Waals surface area contributed by atoms with Crippen molar-refractivity contribution in [1.29, 1.82) is 0 Å². The molecular weight excluding hydrogens is 282 g/mol. The average Bonchev–Trinajstić information content (AvgIpc) is 3.23. The monoisotopic (exact) mass is 301 g/mol. The van der Waals surface area contributed by atoms with E-state index < -0.39 is 0 Å². The first-order valence-electron chi connectivity index (χ1n) is 7.31. The molecule has 116 valence electrons. The molecule has 1 unspecified atom stereocenters. The summed E-state index contributed by atoms with van der Waals surface area (Å²) in [7, 11) is 1.62. The summed E-state index contributed by atoms with van der Waals surface area (Å²) in [4.78, 5) is 14.4. The molecule has 1 aromatic carbocycles. The Hall–Kier alpha value is -2.34. The van der Waals surface area contributed by atoms with Crippen LogP contribution in [0.3, 0.4) is 0 Å². The Labute approximate surface area is 128 Å². The van der Waals surface area contributed by atoms with Gasteiger partial charge in [-0.25, -0.2) is 0 Å². The number of nitrogens with zero attached hydrogens (tertiary/aromatic N) is 2. The lowest BCUT2D eigenvalue weighted by Crippen LogP contribution is -2.29. The van der Waals surface area contributed by atoms with Gasteiger partial charge in [-0.1, -0.05) is 0 Å². The smallest absolute Gasteiger partial charge is 0.257 e. The molecule has 1 fully saturated rings. The second-order valence-corrected chi connectivity index (χ2v) is 5.48. The summed E-state index contributed by atoms with van der Waals surface area (Å²) in [6, 6.07) is 7.48. The van der Waals surface area contributed by atoms with Gasteiger partial charge in [-0.15, -0.1) is 0 Å². The summed E-state index contributed by atoms with van der Waals surface area (Å²) in [5, 5.41) is 16.1. The highest BCUT2D eigenvalue weighted by Gasteiger charge is 2.28. The fraction of sp³-hybridized carbons (Fsp3) is 0.375. The molecule has 2 N–H and O–H groups in total. The van der Waals surface area contributed by atoms with Crippen molar-refractivity contribution in [2.24, 2.45) is 5.92 Å². The van der Waals surface area contributed by atoms with Crippen LogP contribution in [0.1, 0.15) is 16.8 Å². The van der Waals surface area contributed by atoms with E-state index in [0.29, 0.717) is 24.3 Å². The molecule has 2 aromatic rings. The highest BCUT2D eigenvalue weighted by atomic mass is 16.5. The number of carbonyl (C=O) groups is 1. The number of aromatic nitrogens is 2. The SMILES string of the molecule is COc1ccc(-c2[nH]ncc2C(=O)N2CCC(CO)C2)cc1. The van der Waals surface area contributed by atoms with Gasteiger partial charge in [0.25, 0.3) is 5.91 Å². The summed E-state index contributed by atoms with van der Waals surface area (Å²) in [6.07, 6.45) is 2.41. The van der Waals surface area contributed by atoms with Crippen LogP contribution in [-0.4, -0.2) is 52.9 Å². The molecule has 6 nitrogen and oxygen atoms in total. The number of aliphatic hydroxyl groups is 1. The van der Waals surface area contributed by atoms with Crippen molar-refractivity contribution in [2.45, 2.75) is 6.42 Å². The molecule has 1 atom stereocenters. The van der Waals surface area contributed by atoms with Gasteiger partial charge < -0.3 is 14.7 Å². The number of benzene rings is 1. The van der Waals surface area contributed by atoms with Gasteiger partial charge >= 0.3 is 0 Å². The Morgan fingerprint density at radius 3 is 2.86 bits per heavy atom. The van der Waals surface area contributed by atoms with Gasteiger partial charge in [-0.2, -0.15) is 5.10 Å². The summed E-state index contributed by atoms with van der Waals surface area (Å²) in [5.41, 5.74) is 2.16. The Morgan fingerprint density at radius 1 is 1.45 bits per heavy atom. The molecule has 0 radical (unpaired) electrons. The van der Waals surface area contributed by atoms with Gasteiger partial charge in [-0.05, 0) is 30.7 Å². The molecular formula is C16H19N3O3. The maximum Gasteiger partial charge on any atom is 0.257 e. The number of H-pyrrole nitrogens is 1. The predicted octanol–water partition coefficient (Wildman–Crippen LogP) is 1.54. The first kappa shape index (κ1) is 14.6. The van der Waals surface area contributed by atoms with E-state index in [1.54, 1.807) is 18.2 Å². The fourth-order valence-corrected chi connectivity index (χ4v) is 2.76. The third-order valence-corrected chi connectivity index (χ3v) is 4.08. The molecule has 1 amide bonds. The topological polar surface area (TPSA) is 78.5 Å². The molecule has 0 spiro atoms. The maximum atomic E-state index is 12.6. The fourth-order valence-electron chi connectivity index (χ4n) is 2.76.